The highest BCUT2D eigenvalue weighted by molar-refractivity contribution is 5.76. The van der Waals surface area contributed by atoms with Crippen molar-refractivity contribution in [2.75, 3.05) is 19.8 Å². The van der Waals surface area contributed by atoms with Crippen molar-refractivity contribution >= 4 is 5.91 Å². The smallest absolute Gasteiger partial charge is 0.220 e. The number of aliphatic hydroxyl groups excluding tert-OH is 8. The summed E-state index contributed by atoms with van der Waals surface area (Å²) in [4.78, 5) is 13.2. The van der Waals surface area contributed by atoms with Crippen LogP contribution in [0.1, 0.15) is 271 Å². The molecule has 14 nitrogen and oxygen atoms in total. The molecule has 2 heterocycles. The highest BCUT2D eigenvalue weighted by atomic mass is 16.7. The highest BCUT2D eigenvalue weighted by Gasteiger charge is 2.51. The molecular weight excluding hydrogens is 1040 g/mol. The van der Waals surface area contributed by atoms with Gasteiger partial charge >= 0.3 is 0 Å². The molecule has 2 aliphatic heterocycles. The SMILES string of the molecule is CC/C=C\C/C=C\C/C=C\C/C=C\CCCCCCCCCCCCCCCCCCCCCCCCCCCCCCC(=O)NC(COC1OC(CO)C(OC2OC(CO)C(O)C(O)C2O)C(O)C1O)C(O)/C=C/CCCCCCC. The summed E-state index contributed by atoms with van der Waals surface area (Å²) in [6.07, 6.45) is 53.6. The van der Waals surface area contributed by atoms with Crippen molar-refractivity contribution in [3.8, 4) is 0 Å². The van der Waals surface area contributed by atoms with Gasteiger partial charge in [0.2, 0.25) is 5.91 Å². The van der Waals surface area contributed by atoms with Crippen molar-refractivity contribution < 1.29 is 64.6 Å². The van der Waals surface area contributed by atoms with Crippen molar-refractivity contribution in [3.63, 3.8) is 0 Å². The Morgan fingerprint density at radius 2 is 0.841 bits per heavy atom. The number of hydrogen-bond acceptors (Lipinski definition) is 13. The Balaban J connectivity index is 1.47. The number of rotatable bonds is 54. The molecule has 0 saturated carbocycles. The van der Waals surface area contributed by atoms with Crippen molar-refractivity contribution in [1.82, 2.24) is 5.32 Å². The molecule has 0 aromatic heterocycles. The Kier molecular flexibility index (Phi) is 49.0. The monoisotopic (exact) mass is 1160 g/mol. The maximum absolute atomic E-state index is 13.2. The molecule has 0 aromatic carbocycles. The van der Waals surface area contributed by atoms with Gasteiger partial charge in [-0.25, -0.2) is 0 Å². The Morgan fingerprint density at radius 3 is 1.29 bits per heavy atom. The molecule has 12 atom stereocenters. The zero-order chi connectivity index (χ0) is 59.5. The number of ether oxygens (including phenoxy) is 4. The summed E-state index contributed by atoms with van der Waals surface area (Å²) in [6.45, 7) is 2.62. The second kappa shape index (κ2) is 53.0. The van der Waals surface area contributed by atoms with Crippen molar-refractivity contribution in [2.45, 2.75) is 344 Å². The van der Waals surface area contributed by atoms with Gasteiger partial charge in [-0.05, 0) is 57.8 Å². The van der Waals surface area contributed by atoms with E-state index in [9.17, 15) is 45.6 Å². The maximum Gasteiger partial charge on any atom is 0.220 e. The van der Waals surface area contributed by atoms with E-state index in [4.69, 9.17) is 18.9 Å². The molecule has 14 heteroatoms. The minimum atomic E-state index is -1.79. The minimum Gasteiger partial charge on any atom is -0.394 e. The zero-order valence-corrected chi connectivity index (χ0v) is 51.7. The van der Waals surface area contributed by atoms with Crippen molar-refractivity contribution in [3.05, 3.63) is 60.8 Å². The van der Waals surface area contributed by atoms with Crippen LogP contribution in [-0.2, 0) is 23.7 Å². The van der Waals surface area contributed by atoms with Gasteiger partial charge in [0, 0.05) is 6.42 Å². The predicted molar refractivity (Wildman–Crippen MR) is 332 cm³/mol. The molecule has 0 aliphatic carbocycles. The van der Waals surface area contributed by atoms with Gasteiger partial charge in [-0.15, -0.1) is 0 Å². The number of hydrogen-bond donors (Lipinski definition) is 9. The minimum absolute atomic E-state index is 0.240. The van der Waals surface area contributed by atoms with E-state index in [0.29, 0.717) is 6.42 Å². The van der Waals surface area contributed by atoms with Crippen LogP contribution < -0.4 is 5.32 Å². The van der Waals surface area contributed by atoms with Crippen LogP contribution in [0.15, 0.2) is 60.8 Å². The first kappa shape index (κ1) is 75.8. The van der Waals surface area contributed by atoms with Crippen LogP contribution in [0.4, 0.5) is 0 Å². The van der Waals surface area contributed by atoms with Crippen LogP contribution in [-0.4, -0.2) is 140 Å². The van der Waals surface area contributed by atoms with E-state index in [1.807, 2.05) is 6.08 Å². The molecule has 1 amide bonds. The Labute approximate surface area is 498 Å². The Hall–Kier alpha value is -2.31. The lowest BCUT2D eigenvalue weighted by Gasteiger charge is -2.46. The summed E-state index contributed by atoms with van der Waals surface area (Å²) in [7, 11) is 0. The average Bonchev–Trinajstić information content (AvgIpc) is 3.65. The van der Waals surface area contributed by atoms with Gasteiger partial charge in [0.25, 0.3) is 0 Å². The van der Waals surface area contributed by atoms with E-state index in [1.54, 1.807) is 6.08 Å². The third kappa shape index (κ3) is 37.3. The van der Waals surface area contributed by atoms with Gasteiger partial charge in [0.15, 0.2) is 12.6 Å². The summed E-state index contributed by atoms with van der Waals surface area (Å²) in [5.74, 6) is -0.240. The molecular formula is C68H123NO13. The second-order valence-electron chi connectivity index (χ2n) is 23.6. The van der Waals surface area contributed by atoms with Gasteiger partial charge < -0.3 is 65.1 Å². The summed E-state index contributed by atoms with van der Waals surface area (Å²) in [5.41, 5.74) is 0. The molecule has 9 N–H and O–H groups in total. The fourth-order valence-corrected chi connectivity index (χ4v) is 10.9. The lowest BCUT2D eigenvalue weighted by atomic mass is 9.97. The second-order valence-corrected chi connectivity index (χ2v) is 23.6. The molecule has 2 saturated heterocycles. The van der Waals surface area contributed by atoms with E-state index < -0.39 is 86.8 Å². The molecule has 0 spiro atoms. The average molecular weight is 1160 g/mol. The number of allylic oxidation sites excluding steroid dienone is 9. The molecule has 0 bridgehead atoms. The number of unbranched alkanes of at least 4 members (excludes halogenated alkanes) is 33. The third-order valence-electron chi connectivity index (χ3n) is 16.2. The van der Waals surface area contributed by atoms with Crippen molar-refractivity contribution in [1.29, 1.82) is 0 Å². The van der Waals surface area contributed by atoms with Crippen LogP contribution in [0.3, 0.4) is 0 Å². The lowest BCUT2D eigenvalue weighted by Crippen LogP contribution is -2.65. The van der Waals surface area contributed by atoms with Gasteiger partial charge in [0.1, 0.15) is 48.8 Å². The summed E-state index contributed by atoms with van der Waals surface area (Å²) in [6, 6.07) is -0.910. The molecule has 2 aliphatic rings. The predicted octanol–water partition coefficient (Wildman–Crippen LogP) is 12.9. The van der Waals surface area contributed by atoms with E-state index in [1.165, 1.54) is 167 Å². The van der Waals surface area contributed by atoms with Gasteiger partial charge in [-0.1, -0.05) is 267 Å². The first-order valence-corrected chi connectivity index (χ1v) is 33.5. The largest absolute Gasteiger partial charge is 0.394 e. The first-order valence-electron chi connectivity index (χ1n) is 33.5. The summed E-state index contributed by atoms with van der Waals surface area (Å²) >= 11 is 0. The standard InChI is InChI=1S/C68H123NO13/c1-3-5-7-9-11-12-13-14-15-16-17-18-19-20-21-22-23-24-25-26-27-28-29-30-31-32-33-34-35-36-37-38-39-40-41-42-43-44-46-48-50-52-60(73)69-56(57(72)51-49-47-45-10-8-6-4-2)55-79-67-65(78)63(76)66(59(54-71)81-67)82-68-64(77)62(75)61(74)58(53-70)80-68/h5,7,11-12,14-15,17-18,49,51,56-59,61-68,70-72,74-78H,3-4,6,8-10,13,16,19-48,50,52-55H2,1-2H3,(H,69,73)/b7-5-,12-11-,15-14-,18-17-,51-49+. The van der Waals surface area contributed by atoms with E-state index in [2.05, 4.69) is 67.8 Å². The molecule has 82 heavy (non-hydrogen) atoms. The maximum atomic E-state index is 13.2. The molecule has 0 radical (unpaired) electrons. The first-order chi connectivity index (χ1) is 40.1. The Morgan fingerprint density at radius 1 is 0.451 bits per heavy atom. The van der Waals surface area contributed by atoms with E-state index >= 15 is 0 Å². The van der Waals surface area contributed by atoms with Crippen LogP contribution >= 0.6 is 0 Å². The van der Waals surface area contributed by atoms with Crippen LogP contribution in [0.25, 0.3) is 0 Å². The number of aliphatic hydroxyl groups is 8. The molecule has 2 fully saturated rings. The topological polar surface area (TPSA) is 228 Å². The van der Waals surface area contributed by atoms with Gasteiger partial charge in [0.05, 0.1) is 32.0 Å². The highest BCUT2D eigenvalue weighted by Crippen LogP contribution is 2.30. The van der Waals surface area contributed by atoms with E-state index in [-0.39, 0.29) is 18.9 Å². The number of nitrogens with one attached hydrogen (secondary N) is 1. The number of amides is 1. The third-order valence-corrected chi connectivity index (χ3v) is 16.2. The fourth-order valence-electron chi connectivity index (χ4n) is 10.9. The quantitative estimate of drug-likeness (QED) is 0.0204. The van der Waals surface area contributed by atoms with Gasteiger partial charge in [-0.2, -0.15) is 0 Å². The van der Waals surface area contributed by atoms with E-state index in [0.717, 1.165) is 77.0 Å². The molecule has 2 rings (SSSR count). The van der Waals surface area contributed by atoms with Crippen molar-refractivity contribution in [2.24, 2.45) is 0 Å². The summed E-state index contributed by atoms with van der Waals surface area (Å²) in [5, 5.41) is 86.7. The normalized spacial score (nSPS) is 24.3. The molecule has 478 valence electrons. The lowest BCUT2D eigenvalue weighted by molar-refractivity contribution is -0.359. The summed E-state index contributed by atoms with van der Waals surface area (Å²) < 4.78 is 22.7. The molecule has 0 aromatic rings. The number of carbonyl (C=O) groups is 1. The van der Waals surface area contributed by atoms with Crippen LogP contribution in [0.5, 0.6) is 0 Å². The molecule has 12 unspecified atom stereocenters. The van der Waals surface area contributed by atoms with Crippen LogP contribution in [0.2, 0.25) is 0 Å². The van der Waals surface area contributed by atoms with Crippen LogP contribution in [0, 0.1) is 0 Å². The fraction of sp³-hybridized carbons (Fsp3) is 0.838. The Bertz CT molecular complexity index is 1610. The number of carbonyl (C=O) groups excluding carboxylic acids is 1. The zero-order valence-electron chi connectivity index (χ0n) is 51.7. The van der Waals surface area contributed by atoms with Gasteiger partial charge in [-0.3, -0.25) is 4.79 Å².